The van der Waals surface area contributed by atoms with Crippen LogP contribution >= 0.6 is 65.4 Å². The number of alkyl halides is 3. The lowest BCUT2D eigenvalue weighted by atomic mass is 9.97. The van der Waals surface area contributed by atoms with Gasteiger partial charge in [-0.25, -0.2) is 4.79 Å². The number of amides is 2. The summed E-state index contributed by atoms with van der Waals surface area (Å²) in [6.07, 6.45) is 10.1. The fourth-order valence-corrected chi connectivity index (χ4v) is 6.57. The van der Waals surface area contributed by atoms with Crippen LogP contribution in [0.5, 0.6) is 5.75 Å². The Bertz CT molecular complexity index is 2080. The second kappa shape index (κ2) is 29.6. The molecule has 1 heterocycles. The quantitative estimate of drug-likeness (QED) is 0.0363. The van der Waals surface area contributed by atoms with Gasteiger partial charge in [0.05, 0.1) is 21.4 Å². The predicted octanol–water partition coefficient (Wildman–Crippen LogP) is 8.11. The van der Waals surface area contributed by atoms with Crippen LogP contribution in [0.25, 0.3) is 5.69 Å². The Labute approximate surface area is 394 Å². The molecule has 0 spiro atoms. The maximum Gasteiger partial charge on any atom is 0.442 e. The first kappa shape index (κ1) is 59.2. The summed E-state index contributed by atoms with van der Waals surface area (Å²) in [6.45, 7) is 19.1. The predicted molar refractivity (Wildman–Crippen MR) is 254 cm³/mol. The Morgan fingerprint density at radius 3 is 2.05 bits per heavy atom. The highest BCUT2D eigenvalue weighted by atomic mass is 35.5. The van der Waals surface area contributed by atoms with E-state index < -0.39 is 35.4 Å². The number of halogens is 5. The molecule has 21 heteroatoms. The first-order chi connectivity index (χ1) is 29.4. The number of anilines is 1. The minimum Gasteiger partial charge on any atom is -0.480 e. The molecule has 63 heavy (non-hydrogen) atoms. The number of carbonyl (C=O) groups is 3. The second-order valence-electron chi connectivity index (χ2n) is 14.2. The Kier molecular flexibility index (Phi) is 27.8. The lowest BCUT2D eigenvalue weighted by Gasteiger charge is -2.26. The van der Waals surface area contributed by atoms with Crippen molar-refractivity contribution < 1.29 is 42.8 Å². The number of hydrogen-bond donors (Lipinski definition) is 3. The monoisotopic (exact) mass is 997 g/mol. The van der Waals surface area contributed by atoms with Crippen LogP contribution in [0.15, 0.2) is 64.9 Å². The van der Waals surface area contributed by atoms with E-state index >= 15 is 0 Å². The third kappa shape index (κ3) is 21.2. The Hall–Kier alpha value is -3.81. The summed E-state index contributed by atoms with van der Waals surface area (Å²) in [5.74, 6) is 0.677. The highest BCUT2D eigenvalue weighted by Crippen LogP contribution is 2.36. The number of aromatic nitrogens is 2. The number of hydrogen-bond acceptors (Lipinski definition) is 10. The van der Waals surface area contributed by atoms with Crippen molar-refractivity contribution in [3.05, 3.63) is 93.3 Å². The number of carboxylic acids is 1. The third-order valence-corrected chi connectivity index (χ3v) is 10.3. The molecule has 0 bridgehead atoms. The summed E-state index contributed by atoms with van der Waals surface area (Å²) in [6, 6.07) is 8.03. The van der Waals surface area contributed by atoms with E-state index in [0.29, 0.717) is 30.4 Å². The van der Waals surface area contributed by atoms with Crippen LogP contribution in [0, 0.1) is 12.3 Å². The molecule has 0 saturated carbocycles. The van der Waals surface area contributed by atoms with Crippen molar-refractivity contribution in [1.29, 1.82) is 0 Å². The molecule has 350 valence electrons. The molecule has 0 aliphatic rings. The number of methoxy groups -OCH3 is 1. The summed E-state index contributed by atoms with van der Waals surface area (Å²) >= 11 is 28.7. The number of ether oxygens (including phenoxy) is 2. The fraction of sp³-hybridized carbons (Fsp3) is 0.452. The van der Waals surface area contributed by atoms with Crippen molar-refractivity contribution in [2.45, 2.75) is 70.2 Å². The minimum absolute atomic E-state index is 0.0371. The van der Waals surface area contributed by atoms with Crippen LogP contribution < -0.4 is 21.1 Å². The maximum absolute atomic E-state index is 12.0. The number of rotatable bonds is 18. The highest BCUT2D eigenvalue weighted by Gasteiger charge is 2.25. The van der Waals surface area contributed by atoms with E-state index in [-0.39, 0.29) is 53.7 Å². The fourth-order valence-electron chi connectivity index (χ4n) is 4.87. The molecule has 15 nitrogen and oxygen atoms in total. The SMILES string of the molecule is C#CCOc1cc(-n2nc(C(C)(C)C)oc2=O)c(Cl)cc1Cl.C=CCN(CC=C)C(=O)C(Cl)Cl.CCc1cccc(CC)c1N(COC)C(=O)CCl.CP(=O)(O)CCC(N)C(=O)O. The third-order valence-electron chi connectivity index (χ3n) is 8.01. The average Bonchev–Trinajstić information content (AvgIpc) is 3.62. The summed E-state index contributed by atoms with van der Waals surface area (Å²) in [7, 11) is -1.52. The molecule has 2 unspecified atom stereocenters. The molecule has 1 aromatic heterocycles. The molecule has 0 aliphatic heterocycles. The van der Waals surface area contributed by atoms with Crippen molar-refractivity contribution in [2.75, 3.05) is 57.1 Å². The highest BCUT2D eigenvalue weighted by molar-refractivity contribution is 7.57. The molecular weight excluding hydrogens is 943 g/mol. The largest absolute Gasteiger partial charge is 0.480 e. The first-order valence-electron chi connectivity index (χ1n) is 19.1. The normalized spacial score (nSPS) is 12.0. The molecule has 2 atom stereocenters. The van der Waals surface area contributed by atoms with Gasteiger partial charge in [0.15, 0.2) is 12.2 Å². The average molecular weight is 1000 g/mol. The molecule has 3 rings (SSSR count). The van der Waals surface area contributed by atoms with Crippen molar-refractivity contribution in [1.82, 2.24) is 14.7 Å². The van der Waals surface area contributed by atoms with E-state index in [0.717, 1.165) is 34.3 Å². The van der Waals surface area contributed by atoms with E-state index in [9.17, 15) is 23.7 Å². The molecular formula is C42H57Cl5N5O10P. The van der Waals surface area contributed by atoms with E-state index in [1.165, 1.54) is 23.7 Å². The van der Waals surface area contributed by atoms with Gasteiger partial charge in [0.1, 0.15) is 31.0 Å². The number of terminal acetylenes is 1. The van der Waals surface area contributed by atoms with Gasteiger partial charge in [-0.1, -0.05) is 117 Å². The first-order valence-corrected chi connectivity index (χ1v) is 23.5. The summed E-state index contributed by atoms with van der Waals surface area (Å²) < 4.78 is 27.3. The number of carbonyl (C=O) groups excluding carboxylic acids is 2. The van der Waals surface area contributed by atoms with Gasteiger partial charge < -0.3 is 34.5 Å². The van der Waals surface area contributed by atoms with E-state index in [1.807, 2.05) is 39.0 Å². The minimum atomic E-state index is -3.10. The molecule has 2 amide bonds. The van der Waals surface area contributed by atoms with Crippen molar-refractivity contribution >= 4 is 88.8 Å². The number of benzene rings is 2. The number of nitrogens with zero attached hydrogens (tertiary/aromatic N) is 4. The van der Waals surface area contributed by atoms with E-state index in [1.54, 1.807) is 24.2 Å². The van der Waals surface area contributed by atoms with Gasteiger partial charge in [-0.2, -0.15) is 4.68 Å². The molecule has 0 saturated heterocycles. The van der Waals surface area contributed by atoms with Crippen LogP contribution in [0.1, 0.15) is 58.1 Å². The molecule has 2 aromatic carbocycles. The number of para-hydroxylation sites is 1. The zero-order chi connectivity index (χ0) is 48.7. The summed E-state index contributed by atoms with van der Waals surface area (Å²) in [5.41, 5.74) is 8.23. The number of aryl methyl sites for hydroxylation is 2. The van der Waals surface area contributed by atoms with Gasteiger partial charge >= 0.3 is 11.7 Å². The van der Waals surface area contributed by atoms with Gasteiger partial charge in [-0.15, -0.1) is 36.3 Å². The van der Waals surface area contributed by atoms with Crippen molar-refractivity contribution in [3.63, 3.8) is 0 Å². The van der Waals surface area contributed by atoms with Crippen LogP contribution in [0.2, 0.25) is 10.0 Å². The number of aliphatic carboxylic acids is 1. The van der Waals surface area contributed by atoms with Gasteiger partial charge in [-0.05, 0) is 36.5 Å². The Morgan fingerprint density at radius 1 is 1.10 bits per heavy atom. The lowest BCUT2D eigenvalue weighted by molar-refractivity contribution is -0.138. The Balaban J connectivity index is 0.000000849. The van der Waals surface area contributed by atoms with E-state index in [2.05, 4.69) is 38.0 Å². The number of carboxylic acid groups (broad SMARTS) is 1. The van der Waals surface area contributed by atoms with Gasteiger partial charge in [0.25, 0.3) is 5.91 Å². The molecule has 0 aliphatic carbocycles. The smallest absolute Gasteiger partial charge is 0.442 e. The second-order valence-corrected chi connectivity index (χ2v) is 18.9. The van der Waals surface area contributed by atoms with Crippen LogP contribution in [-0.2, 0) is 41.9 Å². The van der Waals surface area contributed by atoms with Gasteiger partial charge in [0, 0.05) is 44.5 Å². The van der Waals surface area contributed by atoms with Crippen LogP contribution in [0.3, 0.4) is 0 Å². The van der Waals surface area contributed by atoms with Crippen molar-refractivity contribution in [2.24, 2.45) is 5.73 Å². The zero-order valence-electron chi connectivity index (χ0n) is 36.4. The summed E-state index contributed by atoms with van der Waals surface area (Å²) in [5, 5.41) is 13.0. The Morgan fingerprint density at radius 2 is 1.65 bits per heavy atom. The van der Waals surface area contributed by atoms with Crippen LogP contribution in [0.4, 0.5) is 5.69 Å². The molecule has 0 radical (unpaired) electrons. The number of nitrogens with two attached hydrogens (primary N) is 1. The van der Waals surface area contributed by atoms with Crippen LogP contribution in [-0.4, -0.2) is 106 Å². The molecule has 0 fully saturated rings. The molecule has 4 N–H and O–H groups in total. The lowest BCUT2D eigenvalue weighted by Crippen LogP contribution is -2.35. The molecule has 3 aromatic rings. The summed E-state index contributed by atoms with van der Waals surface area (Å²) in [4.78, 5) is 56.1. The van der Waals surface area contributed by atoms with Gasteiger partial charge in [-0.3, -0.25) is 23.8 Å². The maximum atomic E-state index is 12.0. The zero-order valence-corrected chi connectivity index (χ0v) is 41.1. The van der Waals surface area contributed by atoms with Crippen molar-refractivity contribution in [3.8, 4) is 23.8 Å². The topological polar surface area (TPSA) is 208 Å². The van der Waals surface area contributed by atoms with Gasteiger partial charge in [0.2, 0.25) is 11.8 Å². The van der Waals surface area contributed by atoms with E-state index in [4.69, 9.17) is 94.1 Å². The standard InChI is InChI=1S/C15H14Cl2N2O3.C14H20ClNO2.C8H11Cl2NO.C5H12NO4P/c1-5-6-21-12-8-11(9(16)7-10(12)17)19-14(20)22-13(18-19)15(2,3)4;1-4-11-7-6-8-12(5-2)14(11)16(10-18-3)13(17)9-15;1-3-5-11(6-4-2)8(12)7(9)10;1-11(9,10)3-2-4(6)5(7)8/h1,7-8H,6H2,2-4H3;6-8H,4-5,9-10H2,1-3H3;3-4,7H,1-2,5-6H2;4H,2-3,6H2,1H3,(H,7,8)(H,9,10).